The van der Waals surface area contributed by atoms with E-state index in [2.05, 4.69) is 39.3 Å². The molecule has 1 unspecified atom stereocenters. The van der Waals surface area contributed by atoms with E-state index in [1.807, 2.05) is 31.2 Å². The second kappa shape index (κ2) is 15.5. The summed E-state index contributed by atoms with van der Waals surface area (Å²) in [5.41, 5.74) is 3.62. The first-order valence-corrected chi connectivity index (χ1v) is 13.5. The number of anilines is 3. The summed E-state index contributed by atoms with van der Waals surface area (Å²) >= 11 is 0. The maximum absolute atomic E-state index is 12.6. The van der Waals surface area contributed by atoms with Crippen LogP contribution in [0.5, 0.6) is 5.75 Å². The summed E-state index contributed by atoms with van der Waals surface area (Å²) in [5.74, 6) is 1.94. The Morgan fingerprint density at radius 3 is 2.58 bits per heavy atom. The van der Waals surface area contributed by atoms with Gasteiger partial charge in [0.1, 0.15) is 24.0 Å². The van der Waals surface area contributed by atoms with Crippen LogP contribution < -0.4 is 20.7 Å². The van der Waals surface area contributed by atoms with Crippen molar-refractivity contribution >= 4 is 29.2 Å². The number of nitrogens with one attached hydrogen (secondary N) is 3. The fraction of sp³-hybridized carbons (Fsp3) is 0.355. The molecule has 2 aromatic carbocycles. The molecular weight excluding hydrogens is 509 g/mol. The van der Waals surface area contributed by atoms with E-state index in [0.29, 0.717) is 35.5 Å². The third-order valence-corrected chi connectivity index (χ3v) is 6.56. The van der Waals surface area contributed by atoms with Gasteiger partial charge in [0.25, 0.3) is 0 Å². The lowest BCUT2D eigenvalue weighted by Crippen LogP contribution is -2.27. The van der Waals surface area contributed by atoms with Crippen molar-refractivity contribution in [3.63, 3.8) is 0 Å². The lowest BCUT2D eigenvalue weighted by atomic mass is 10.2. The van der Waals surface area contributed by atoms with Gasteiger partial charge in [0.2, 0.25) is 5.91 Å². The van der Waals surface area contributed by atoms with Crippen molar-refractivity contribution in [3.8, 4) is 5.75 Å². The van der Waals surface area contributed by atoms with Crippen LogP contribution in [0.1, 0.15) is 33.6 Å². The first-order valence-electron chi connectivity index (χ1n) is 13.5. The lowest BCUT2D eigenvalue weighted by Gasteiger charge is -2.17. The summed E-state index contributed by atoms with van der Waals surface area (Å²) in [5, 5.41) is 9.67. The monoisotopic (exact) mass is 549 g/mol. The Morgan fingerprint density at radius 2 is 1.90 bits per heavy atom. The van der Waals surface area contributed by atoms with Crippen molar-refractivity contribution in [1.82, 2.24) is 4.90 Å². The molecule has 0 spiro atoms. The van der Waals surface area contributed by atoms with E-state index in [4.69, 9.17) is 9.47 Å². The topological polar surface area (TPSA) is 87.2 Å². The molecule has 1 amide bonds. The Labute approximate surface area is 236 Å². The average Bonchev–Trinajstić information content (AvgIpc) is 3.40. The summed E-state index contributed by atoms with van der Waals surface area (Å²) in [4.78, 5) is 18.4. The molecule has 3 rings (SSSR count). The van der Waals surface area contributed by atoms with Gasteiger partial charge in [-0.25, -0.2) is 9.38 Å². The van der Waals surface area contributed by atoms with Crippen LogP contribution in [0.3, 0.4) is 0 Å². The summed E-state index contributed by atoms with van der Waals surface area (Å²) < 4.78 is 24.1. The van der Waals surface area contributed by atoms with Crippen LogP contribution in [0, 0.1) is 0 Å². The number of alkyl halides is 1. The van der Waals surface area contributed by atoms with Crippen LogP contribution in [0.15, 0.2) is 89.1 Å². The van der Waals surface area contributed by atoms with Crippen LogP contribution in [-0.4, -0.2) is 56.5 Å². The Morgan fingerprint density at radius 1 is 1.15 bits per heavy atom. The van der Waals surface area contributed by atoms with Gasteiger partial charge in [0, 0.05) is 48.8 Å². The van der Waals surface area contributed by atoms with Gasteiger partial charge >= 0.3 is 0 Å². The van der Waals surface area contributed by atoms with Gasteiger partial charge in [-0.15, -0.1) is 0 Å². The number of aliphatic imine (C=N–C) groups is 1. The van der Waals surface area contributed by atoms with Crippen molar-refractivity contribution < 1.29 is 18.7 Å². The molecule has 3 N–H and O–H groups in total. The third-order valence-electron chi connectivity index (χ3n) is 6.56. The first kappa shape index (κ1) is 30.4. The molecule has 0 bridgehead atoms. The standard InChI is InChI=1S/C31H40FN5O3/c1-6-22(3)31(36-25-13-11-24(12-14-25)34-27-15-17-37(21-27)18-16-32)33-20-29(39-5)23(4)40-28-10-8-9-26(19-28)35-30(38)7-2/h7-14,19-20,27,34,36H,2,6,15-18,21H2,1,3-5H3,(H,35,38)/b29-23-,31-22-,33-20-. The molecule has 1 aliphatic heterocycles. The van der Waals surface area contributed by atoms with E-state index >= 15 is 0 Å². The highest BCUT2D eigenvalue weighted by Crippen LogP contribution is 2.23. The SMILES string of the molecule is C=CC(=O)Nc1cccc(O/C(C)=C(/C=N\C(Nc2ccc(NC3CCN(CCF)C3)cc2)=C(/C)CC)OC)c1. The largest absolute Gasteiger partial charge is 0.492 e. The van der Waals surface area contributed by atoms with Crippen LogP contribution in [-0.2, 0) is 9.53 Å². The molecule has 1 fully saturated rings. The lowest BCUT2D eigenvalue weighted by molar-refractivity contribution is -0.111. The average molecular weight is 550 g/mol. The Bertz CT molecular complexity index is 1240. The van der Waals surface area contributed by atoms with Gasteiger partial charge in [-0.3, -0.25) is 9.69 Å². The Kier molecular flexibility index (Phi) is 11.8. The normalized spacial score (nSPS) is 16.7. The number of methoxy groups -OCH3 is 1. The molecule has 1 saturated heterocycles. The van der Waals surface area contributed by atoms with Crippen LogP contribution in [0.25, 0.3) is 0 Å². The predicted octanol–water partition coefficient (Wildman–Crippen LogP) is 6.35. The van der Waals surface area contributed by atoms with Gasteiger partial charge in [-0.05, 0) is 74.7 Å². The summed E-state index contributed by atoms with van der Waals surface area (Å²) in [6.07, 6.45) is 4.66. The Balaban J connectivity index is 1.67. The predicted molar refractivity (Wildman–Crippen MR) is 162 cm³/mol. The minimum Gasteiger partial charge on any atom is -0.492 e. The number of benzene rings is 2. The molecule has 1 heterocycles. The van der Waals surface area contributed by atoms with Gasteiger partial charge < -0.3 is 25.4 Å². The summed E-state index contributed by atoms with van der Waals surface area (Å²) in [6, 6.07) is 15.5. The number of carbonyl (C=O) groups excluding carboxylic acids is 1. The number of nitrogens with zero attached hydrogens (tertiary/aromatic N) is 2. The zero-order valence-corrected chi connectivity index (χ0v) is 23.8. The number of ether oxygens (including phenoxy) is 2. The molecule has 0 aliphatic carbocycles. The van der Waals surface area contributed by atoms with Gasteiger partial charge in [-0.1, -0.05) is 19.6 Å². The minimum atomic E-state index is -0.304. The maximum atomic E-state index is 12.6. The molecule has 214 valence electrons. The molecular formula is C31H40FN5O3. The third kappa shape index (κ3) is 9.27. The molecule has 0 aromatic heterocycles. The van der Waals surface area contributed by atoms with Gasteiger partial charge in [-0.2, -0.15) is 0 Å². The van der Waals surface area contributed by atoms with E-state index in [9.17, 15) is 9.18 Å². The number of amides is 1. The molecule has 9 heteroatoms. The Hall–Kier alpha value is -4.11. The quantitative estimate of drug-likeness (QED) is 0.145. The number of rotatable bonds is 14. The van der Waals surface area contributed by atoms with Crippen molar-refractivity contribution in [2.24, 2.45) is 4.99 Å². The number of hydrogen-bond acceptors (Lipinski definition) is 7. The van der Waals surface area contributed by atoms with Crippen LogP contribution in [0.2, 0.25) is 0 Å². The second-order valence-corrected chi connectivity index (χ2v) is 9.51. The zero-order chi connectivity index (χ0) is 28.9. The second-order valence-electron chi connectivity index (χ2n) is 9.51. The van der Waals surface area contributed by atoms with E-state index in [1.54, 1.807) is 44.5 Å². The summed E-state index contributed by atoms with van der Waals surface area (Å²) in [6.45, 7) is 11.3. The molecule has 8 nitrogen and oxygen atoms in total. The number of hydrogen-bond donors (Lipinski definition) is 3. The number of halogens is 1. The fourth-order valence-electron chi connectivity index (χ4n) is 4.18. The van der Waals surface area contributed by atoms with Crippen LogP contribution in [0.4, 0.5) is 21.5 Å². The molecule has 0 saturated carbocycles. The fourth-order valence-corrected chi connectivity index (χ4v) is 4.18. The van der Waals surface area contributed by atoms with Gasteiger partial charge in [0.05, 0.1) is 13.3 Å². The molecule has 1 aliphatic rings. The molecule has 1 atom stereocenters. The first-order chi connectivity index (χ1) is 19.3. The van der Waals surface area contributed by atoms with Crippen molar-refractivity contribution in [1.29, 1.82) is 0 Å². The highest BCUT2D eigenvalue weighted by molar-refractivity contribution is 5.98. The number of likely N-dealkylation sites (tertiary alicyclic amines) is 1. The summed E-state index contributed by atoms with van der Waals surface area (Å²) in [7, 11) is 1.56. The number of carbonyl (C=O) groups is 1. The zero-order valence-electron chi connectivity index (χ0n) is 23.8. The molecule has 2 aromatic rings. The van der Waals surface area contributed by atoms with Crippen molar-refractivity contribution in [2.45, 2.75) is 39.7 Å². The highest BCUT2D eigenvalue weighted by atomic mass is 19.1. The van der Waals surface area contributed by atoms with E-state index in [1.165, 1.54) is 6.08 Å². The van der Waals surface area contributed by atoms with Crippen LogP contribution >= 0.6 is 0 Å². The minimum absolute atomic E-state index is 0.298. The van der Waals surface area contributed by atoms with Gasteiger partial charge in [0.15, 0.2) is 5.76 Å². The molecule has 0 radical (unpaired) electrons. The maximum Gasteiger partial charge on any atom is 0.247 e. The number of allylic oxidation sites excluding steroid dienone is 3. The van der Waals surface area contributed by atoms with E-state index in [0.717, 1.165) is 48.7 Å². The van der Waals surface area contributed by atoms with E-state index in [-0.39, 0.29) is 12.6 Å². The highest BCUT2D eigenvalue weighted by Gasteiger charge is 2.21. The van der Waals surface area contributed by atoms with Crippen molar-refractivity contribution in [3.05, 3.63) is 84.1 Å². The van der Waals surface area contributed by atoms with Crippen molar-refractivity contribution in [2.75, 3.05) is 49.4 Å². The smallest absolute Gasteiger partial charge is 0.247 e. The van der Waals surface area contributed by atoms with E-state index < -0.39 is 0 Å². The molecule has 40 heavy (non-hydrogen) atoms.